The third-order valence-corrected chi connectivity index (χ3v) is 9.74. The van der Waals surface area contributed by atoms with Crippen molar-refractivity contribution < 1.29 is 47.8 Å². The Bertz CT molecular complexity index is 1180. The number of carbonyl (C=O) groups excluding carboxylic acids is 2. The Labute approximate surface area is 338 Å². The first-order chi connectivity index (χ1) is 27.1. The normalized spacial score (nSPS) is 14.4. The molecule has 0 radical (unpaired) electrons. The average molecular weight is 810 g/mol. The van der Waals surface area contributed by atoms with Crippen molar-refractivity contribution in [3.05, 3.63) is 60.8 Å². The van der Waals surface area contributed by atoms with Gasteiger partial charge in [-0.2, -0.15) is 0 Å². The molecule has 0 aromatic heterocycles. The van der Waals surface area contributed by atoms with Crippen molar-refractivity contribution in [2.45, 2.75) is 180 Å². The summed E-state index contributed by atoms with van der Waals surface area (Å²) in [4.78, 5) is 45.9. The molecule has 0 aromatic rings. The minimum Gasteiger partial charge on any atom is -0.480 e. The maximum atomic E-state index is 12.3. The molecule has 322 valence electrons. The predicted molar refractivity (Wildman–Crippen MR) is 226 cm³/mol. The number of carboxylic acids is 1. The molecule has 0 aliphatic heterocycles. The van der Waals surface area contributed by atoms with Gasteiger partial charge in [0.2, 0.25) is 5.91 Å². The third kappa shape index (κ3) is 38.1. The van der Waals surface area contributed by atoms with E-state index in [0.29, 0.717) is 12.8 Å². The van der Waals surface area contributed by atoms with Crippen LogP contribution >= 0.6 is 7.82 Å². The van der Waals surface area contributed by atoms with Gasteiger partial charge in [-0.05, 0) is 77.0 Å². The van der Waals surface area contributed by atoms with Crippen molar-refractivity contribution in [1.82, 2.24) is 5.32 Å². The Morgan fingerprint density at radius 1 is 0.589 bits per heavy atom. The summed E-state index contributed by atoms with van der Waals surface area (Å²) in [5.41, 5.74) is 0. The molecular formula is C44H76NO10P. The molecule has 56 heavy (non-hydrogen) atoms. The molecule has 0 heterocycles. The number of hydrogen-bond acceptors (Lipinski definition) is 8. The number of unbranched alkanes of at least 4 members (excludes halogenated alkanes) is 15. The predicted octanol–water partition coefficient (Wildman–Crippen LogP) is 10.8. The molecule has 0 saturated carbocycles. The molecule has 0 bridgehead atoms. The van der Waals surface area contributed by atoms with Gasteiger partial charge in [-0.25, -0.2) is 9.36 Å². The number of aliphatic hydroxyl groups excluding tert-OH is 1. The fraction of sp³-hybridized carbons (Fsp3) is 0.705. The molecule has 3 unspecified atom stereocenters. The lowest BCUT2D eigenvalue weighted by atomic mass is 10.1. The van der Waals surface area contributed by atoms with Crippen LogP contribution in [0.1, 0.15) is 168 Å². The summed E-state index contributed by atoms with van der Waals surface area (Å²) in [7, 11) is -4.76. The molecule has 0 saturated heterocycles. The highest BCUT2D eigenvalue weighted by molar-refractivity contribution is 7.47. The summed E-state index contributed by atoms with van der Waals surface area (Å²) in [6.45, 7) is 2.42. The van der Waals surface area contributed by atoms with E-state index < -0.39 is 57.6 Å². The SMILES string of the molecule is CC/C=C\C/C=C\C/C=C\CCCCCCCCCC(=O)OCC(O)COP(=O)(O)OCC(NC(=O)CCCCCCC/C=C\C/C=C\CCCCC)C(=O)O. The molecule has 1 amide bonds. The maximum absolute atomic E-state index is 12.3. The molecule has 0 rings (SSSR count). The monoisotopic (exact) mass is 810 g/mol. The molecule has 11 nitrogen and oxygen atoms in total. The van der Waals surface area contributed by atoms with E-state index in [0.717, 1.165) is 96.3 Å². The number of ether oxygens (including phenoxy) is 1. The van der Waals surface area contributed by atoms with E-state index in [-0.39, 0.29) is 12.8 Å². The van der Waals surface area contributed by atoms with Crippen LogP contribution in [0.25, 0.3) is 0 Å². The van der Waals surface area contributed by atoms with Crippen LogP contribution in [0.2, 0.25) is 0 Å². The summed E-state index contributed by atoms with van der Waals surface area (Å²) in [5, 5.41) is 21.8. The number of phosphoric acid groups is 1. The topological polar surface area (TPSA) is 169 Å². The van der Waals surface area contributed by atoms with Crippen molar-refractivity contribution in [1.29, 1.82) is 0 Å². The number of hydrogen-bond donors (Lipinski definition) is 4. The number of carbonyl (C=O) groups is 3. The van der Waals surface area contributed by atoms with Gasteiger partial charge in [-0.15, -0.1) is 0 Å². The van der Waals surface area contributed by atoms with Crippen molar-refractivity contribution in [2.24, 2.45) is 0 Å². The lowest BCUT2D eigenvalue weighted by Gasteiger charge is -2.18. The number of allylic oxidation sites excluding steroid dienone is 10. The molecule has 4 N–H and O–H groups in total. The van der Waals surface area contributed by atoms with Crippen molar-refractivity contribution in [3.63, 3.8) is 0 Å². The van der Waals surface area contributed by atoms with Crippen molar-refractivity contribution >= 4 is 25.7 Å². The molecule has 0 aromatic carbocycles. The quantitative estimate of drug-likeness (QED) is 0.0203. The highest BCUT2D eigenvalue weighted by Gasteiger charge is 2.28. The van der Waals surface area contributed by atoms with Gasteiger partial charge < -0.3 is 25.2 Å². The molecule has 12 heteroatoms. The van der Waals surface area contributed by atoms with Crippen LogP contribution < -0.4 is 5.32 Å². The number of phosphoric ester groups is 1. The Kier molecular flexibility index (Phi) is 37.1. The van der Waals surface area contributed by atoms with E-state index in [1.807, 2.05) is 0 Å². The molecular weight excluding hydrogens is 733 g/mol. The average Bonchev–Trinajstić information content (AvgIpc) is 3.17. The maximum Gasteiger partial charge on any atom is 0.472 e. The van der Waals surface area contributed by atoms with Crippen LogP contribution in [0, 0.1) is 0 Å². The van der Waals surface area contributed by atoms with E-state index in [4.69, 9.17) is 13.8 Å². The Balaban J connectivity index is 3.95. The summed E-state index contributed by atoms with van der Waals surface area (Å²) in [6.07, 6.45) is 43.8. The molecule has 0 fully saturated rings. The van der Waals surface area contributed by atoms with Gasteiger partial charge in [-0.1, -0.05) is 139 Å². The molecule has 0 spiro atoms. The lowest BCUT2D eigenvalue weighted by Crippen LogP contribution is -2.43. The first kappa shape index (κ1) is 53.2. The van der Waals surface area contributed by atoms with Gasteiger partial charge in [0.15, 0.2) is 6.04 Å². The van der Waals surface area contributed by atoms with Gasteiger partial charge >= 0.3 is 19.8 Å². The van der Waals surface area contributed by atoms with Gasteiger partial charge in [0.25, 0.3) is 0 Å². The van der Waals surface area contributed by atoms with Crippen LogP contribution in [-0.2, 0) is 32.7 Å². The van der Waals surface area contributed by atoms with Crippen LogP contribution in [-0.4, -0.2) is 64.9 Å². The first-order valence-electron chi connectivity index (χ1n) is 21.3. The van der Waals surface area contributed by atoms with Gasteiger partial charge in [0.1, 0.15) is 12.7 Å². The second-order valence-electron chi connectivity index (χ2n) is 14.1. The number of nitrogens with one attached hydrogen (secondary N) is 1. The Hall–Kier alpha value is -2.82. The zero-order valence-corrected chi connectivity index (χ0v) is 35.6. The van der Waals surface area contributed by atoms with E-state index in [1.165, 1.54) is 32.1 Å². The van der Waals surface area contributed by atoms with Crippen LogP contribution in [0.4, 0.5) is 0 Å². The molecule has 0 aliphatic rings. The zero-order chi connectivity index (χ0) is 41.4. The Morgan fingerprint density at radius 3 is 1.55 bits per heavy atom. The van der Waals surface area contributed by atoms with Gasteiger partial charge in [-0.3, -0.25) is 18.6 Å². The number of carboxylic acid groups (broad SMARTS) is 1. The van der Waals surface area contributed by atoms with Crippen LogP contribution in [0.3, 0.4) is 0 Å². The van der Waals surface area contributed by atoms with Gasteiger partial charge in [0, 0.05) is 12.8 Å². The zero-order valence-electron chi connectivity index (χ0n) is 34.7. The summed E-state index contributed by atoms with van der Waals surface area (Å²) in [5.74, 6) is -2.41. The van der Waals surface area contributed by atoms with E-state index in [1.54, 1.807) is 0 Å². The smallest absolute Gasteiger partial charge is 0.472 e. The van der Waals surface area contributed by atoms with Crippen LogP contribution in [0.5, 0.6) is 0 Å². The fourth-order valence-electron chi connectivity index (χ4n) is 5.48. The van der Waals surface area contributed by atoms with E-state index >= 15 is 0 Å². The first-order valence-corrected chi connectivity index (χ1v) is 22.8. The third-order valence-electron chi connectivity index (χ3n) is 8.79. The number of aliphatic carboxylic acids is 1. The van der Waals surface area contributed by atoms with E-state index in [2.05, 4.69) is 79.9 Å². The minimum atomic E-state index is -4.76. The highest BCUT2D eigenvalue weighted by atomic mass is 31.2. The number of esters is 1. The molecule has 0 aliphatic carbocycles. The Morgan fingerprint density at radius 2 is 1.04 bits per heavy atom. The van der Waals surface area contributed by atoms with Crippen molar-refractivity contribution in [2.75, 3.05) is 19.8 Å². The fourth-order valence-corrected chi connectivity index (χ4v) is 6.25. The summed E-state index contributed by atoms with van der Waals surface area (Å²) < 4.78 is 26.8. The van der Waals surface area contributed by atoms with Crippen LogP contribution in [0.15, 0.2) is 60.8 Å². The summed E-state index contributed by atoms with van der Waals surface area (Å²) >= 11 is 0. The van der Waals surface area contributed by atoms with Gasteiger partial charge in [0.05, 0.1) is 13.2 Å². The van der Waals surface area contributed by atoms with E-state index in [9.17, 15) is 34.1 Å². The largest absolute Gasteiger partial charge is 0.480 e. The second-order valence-corrected chi connectivity index (χ2v) is 15.6. The standard InChI is InChI=1S/C44H76NO10P/c1-3-5-7-9-11-13-15-17-19-20-22-24-26-28-30-32-34-36-43(48)53-37-40(46)38-54-56(51,52)55-39-41(44(49)50)45-42(47)35-33-31-29-27-25-23-21-18-16-14-12-10-8-6-4-2/h5,7,11-14,17-19,21,40-41,46H,3-4,6,8-10,15-16,20,22-39H2,1-2H3,(H,45,47)(H,49,50)(H,51,52)/b7-5-,13-11-,14-12-,19-17-,21-18-. The minimum absolute atomic E-state index is 0.127. The second kappa shape index (κ2) is 39.0. The number of amides is 1. The molecule has 3 atom stereocenters. The number of aliphatic hydroxyl groups is 1. The lowest BCUT2D eigenvalue weighted by molar-refractivity contribution is -0.147. The highest BCUT2D eigenvalue weighted by Crippen LogP contribution is 2.43. The number of rotatable bonds is 39. The summed E-state index contributed by atoms with van der Waals surface area (Å²) in [6, 6.07) is -1.56. The van der Waals surface area contributed by atoms with Crippen molar-refractivity contribution in [3.8, 4) is 0 Å².